The third-order valence-electron chi connectivity index (χ3n) is 2.62. The van der Waals surface area contributed by atoms with Crippen molar-refractivity contribution in [3.8, 4) is 0 Å². The zero-order valence-electron chi connectivity index (χ0n) is 11.1. The van der Waals surface area contributed by atoms with E-state index in [1.165, 1.54) is 8.66 Å². The van der Waals surface area contributed by atoms with Crippen molar-refractivity contribution in [1.29, 1.82) is 0 Å². The van der Waals surface area contributed by atoms with E-state index in [1.807, 2.05) is 0 Å². The van der Waals surface area contributed by atoms with E-state index in [0.29, 0.717) is 19.3 Å². The molecule has 3 nitrogen and oxygen atoms in total. The molecule has 0 aliphatic heterocycles. The second kappa shape index (κ2) is 9.92. The van der Waals surface area contributed by atoms with Gasteiger partial charge in [0.05, 0.1) is 17.0 Å². The Morgan fingerprint density at radius 2 is 2.11 bits per heavy atom. The maximum Gasteiger partial charge on any atom is 0.0701 e. The van der Waals surface area contributed by atoms with Crippen LogP contribution in [0.5, 0.6) is 0 Å². The second-order valence-electron chi connectivity index (χ2n) is 4.13. The fraction of sp³-hybridized carbons (Fsp3) is 0.692. The molecule has 1 unspecified atom stereocenters. The van der Waals surface area contributed by atoms with Crippen molar-refractivity contribution in [1.82, 2.24) is 5.32 Å². The number of methoxy groups -OCH3 is 1. The average molecular weight is 336 g/mol. The van der Waals surface area contributed by atoms with E-state index in [-0.39, 0.29) is 0 Å². The van der Waals surface area contributed by atoms with E-state index in [2.05, 4.69) is 40.3 Å². The topological polar surface area (TPSA) is 30.5 Å². The van der Waals surface area contributed by atoms with Gasteiger partial charge in [0.1, 0.15) is 0 Å². The summed E-state index contributed by atoms with van der Waals surface area (Å²) in [7, 11) is 1.69. The molecule has 18 heavy (non-hydrogen) atoms. The molecular formula is C13H22BrNO2S. The summed E-state index contributed by atoms with van der Waals surface area (Å²) >= 11 is 5.28. The van der Waals surface area contributed by atoms with Crippen LogP contribution in [0.3, 0.4) is 0 Å². The number of unbranched alkanes of at least 4 members (excludes halogenated alkanes) is 1. The number of hydrogen-bond acceptors (Lipinski definition) is 4. The first-order valence-corrected chi connectivity index (χ1v) is 7.90. The summed E-state index contributed by atoms with van der Waals surface area (Å²) < 4.78 is 11.5. The van der Waals surface area contributed by atoms with Crippen LogP contribution in [0.4, 0.5) is 0 Å². The SMILES string of the molecule is COCCOCCCCNC(C)c1ccc(Br)s1. The predicted molar refractivity (Wildman–Crippen MR) is 80.4 cm³/mol. The summed E-state index contributed by atoms with van der Waals surface area (Å²) in [6.07, 6.45) is 2.24. The van der Waals surface area contributed by atoms with Crippen molar-refractivity contribution >= 4 is 27.3 Å². The number of nitrogens with one attached hydrogen (secondary N) is 1. The Bertz CT molecular complexity index is 320. The van der Waals surface area contributed by atoms with Crippen molar-refractivity contribution in [2.24, 2.45) is 0 Å². The van der Waals surface area contributed by atoms with E-state index in [9.17, 15) is 0 Å². The van der Waals surface area contributed by atoms with E-state index >= 15 is 0 Å². The first-order valence-electron chi connectivity index (χ1n) is 6.29. The van der Waals surface area contributed by atoms with Gasteiger partial charge in [0.15, 0.2) is 0 Å². The van der Waals surface area contributed by atoms with Crippen LogP contribution >= 0.6 is 27.3 Å². The van der Waals surface area contributed by atoms with Gasteiger partial charge >= 0.3 is 0 Å². The van der Waals surface area contributed by atoms with Crippen molar-refractivity contribution in [3.63, 3.8) is 0 Å². The highest BCUT2D eigenvalue weighted by atomic mass is 79.9. The zero-order chi connectivity index (χ0) is 13.2. The third-order valence-corrected chi connectivity index (χ3v) is 4.42. The van der Waals surface area contributed by atoms with E-state index < -0.39 is 0 Å². The minimum absolute atomic E-state index is 0.427. The first-order chi connectivity index (χ1) is 8.74. The summed E-state index contributed by atoms with van der Waals surface area (Å²) in [4.78, 5) is 1.37. The van der Waals surface area contributed by atoms with E-state index in [0.717, 1.165) is 26.0 Å². The molecular weight excluding hydrogens is 314 g/mol. The van der Waals surface area contributed by atoms with Crippen LogP contribution in [0, 0.1) is 0 Å². The van der Waals surface area contributed by atoms with Crippen LogP contribution in [-0.2, 0) is 9.47 Å². The van der Waals surface area contributed by atoms with Crippen molar-refractivity contribution in [2.45, 2.75) is 25.8 Å². The summed E-state index contributed by atoms with van der Waals surface area (Å²) in [5, 5.41) is 3.52. The number of halogens is 1. The Balaban J connectivity index is 1.97. The molecule has 1 aromatic heterocycles. The molecule has 1 N–H and O–H groups in total. The van der Waals surface area contributed by atoms with Gasteiger partial charge in [0.25, 0.3) is 0 Å². The van der Waals surface area contributed by atoms with Crippen LogP contribution in [0.25, 0.3) is 0 Å². The second-order valence-corrected chi connectivity index (χ2v) is 6.62. The van der Waals surface area contributed by atoms with Crippen LogP contribution in [0.15, 0.2) is 15.9 Å². The van der Waals surface area contributed by atoms with Gasteiger partial charge in [-0.3, -0.25) is 0 Å². The molecule has 5 heteroatoms. The number of rotatable bonds is 10. The van der Waals surface area contributed by atoms with Gasteiger partial charge in [-0.1, -0.05) is 0 Å². The van der Waals surface area contributed by atoms with Crippen LogP contribution < -0.4 is 5.32 Å². The lowest BCUT2D eigenvalue weighted by atomic mass is 10.2. The predicted octanol–water partition coefficient (Wildman–Crippen LogP) is 3.60. The van der Waals surface area contributed by atoms with Crippen molar-refractivity contribution in [2.75, 3.05) is 33.5 Å². The van der Waals surface area contributed by atoms with Gasteiger partial charge in [-0.2, -0.15) is 0 Å². The van der Waals surface area contributed by atoms with Gasteiger partial charge in [0, 0.05) is 24.6 Å². The van der Waals surface area contributed by atoms with Crippen LogP contribution in [-0.4, -0.2) is 33.5 Å². The highest BCUT2D eigenvalue weighted by Crippen LogP contribution is 2.26. The van der Waals surface area contributed by atoms with E-state index in [1.54, 1.807) is 18.4 Å². The maximum absolute atomic E-state index is 5.41. The molecule has 0 aromatic carbocycles. The highest BCUT2D eigenvalue weighted by Gasteiger charge is 2.06. The lowest BCUT2D eigenvalue weighted by molar-refractivity contribution is 0.0687. The van der Waals surface area contributed by atoms with Crippen LogP contribution in [0.2, 0.25) is 0 Å². The van der Waals surface area contributed by atoms with Gasteiger partial charge in [-0.05, 0) is 54.4 Å². The van der Waals surface area contributed by atoms with E-state index in [4.69, 9.17) is 9.47 Å². The Labute approximate surface area is 122 Å². The number of ether oxygens (including phenoxy) is 2. The lowest BCUT2D eigenvalue weighted by Gasteiger charge is -2.11. The quantitative estimate of drug-likeness (QED) is 0.662. The Kier molecular flexibility index (Phi) is 8.88. The summed E-state index contributed by atoms with van der Waals surface area (Å²) in [5.74, 6) is 0. The maximum atomic E-state index is 5.41. The molecule has 0 amide bonds. The van der Waals surface area contributed by atoms with Gasteiger partial charge in [-0.25, -0.2) is 0 Å². The molecule has 0 aliphatic rings. The largest absolute Gasteiger partial charge is 0.382 e. The molecule has 0 saturated heterocycles. The number of hydrogen-bond donors (Lipinski definition) is 1. The molecule has 0 fully saturated rings. The van der Waals surface area contributed by atoms with Gasteiger partial charge in [-0.15, -0.1) is 11.3 Å². The fourth-order valence-electron chi connectivity index (χ4n) is 1.55. The minimum Gasteiger partial charge on any atom is -0.382 e. The molecule has 0 spiro atoms. The first kappa shape index (κ1) is 16.1. The molecule has 0 saturated carbocycles. The zero-order valence-corrected chi connectivity index (χ0v) is 13.5. The fourth-order valence-corrected chi connectivity index (χ4v) is 3.00. The Hall–Kier alpha value is 0.0600. The molecule has 0 radical (unpaired) electrons. The Morgan fingerprint density at radius 3 is 2.78 bits per heavy atom. The van der Waals surface area contributed by atoms with Gasteiger partial charge < -0.3 is 14.8 Å². The summed E-state index contributed by atoms with van der Waals surface area (Å²) in [6.45, 7) is 5.44. The molecule has 0 bridgehead atoms. The standard InChI is InChI=1S/C13H22BrNO2S/c1-11(12-5-6-13(14)18-12)15-7-3-4-8-17-10-9-16-2/h5-6,11,15H,3-4,7-10H2,1-2H3. The third kappa shape index (κ3) is 6.85. The van der Waals surface area contributed by atoms with Crippen molar-refractivity contribution < 1.29 is 9.47 Å². The van der Waals surface area contributed by atoms with Crippen molar-refractivity contribution in [3.05, 3.63) is 20.8 Å². The number of thiophene rings is 1. The molecule has 1 aromatic rings. The molecule has 1 rings (SSSR count). The summed E-state index contributed by atoms with van der Waals surface area (Å²) in [6, 6.07) is 4.69. The van der Waals surface area contributed by atoms with Gasteiger partial charge in [0.2, 0.25) is 0 Å². The Morgan fingerprint density at radius 1 is 1.28 bits per heavy atom. The molecule has 104 valence electrons. The molecule has 1 heterocycles. The molecule has 0 aliphatic carbocycles. The molecule has 1 atom stereocenters. The average Bonchev–Trinajstić information content (AvgIpc) is 2.79. The van der Waals surface area contributed by atoms with Crippen LogP contribution in [0.1, 0.15) is 30.7 Å². The normalized spacial score (nSPS) is 12.8. The minimum atomic E-state index is 0.427. The summed E-state index contributed by atoms with van der Waals surface area (Å²) in [5.41, 5.74) is 0. The smallest absolute Gasteiger partial charge is 0.0701 e. The monoisotopic (exact) mass is 335 g/mol. The highest BCUT2D eigenvalue weighted by molar-refractivity contribution is 9.11. The lowest BCUT2D eigenvalue weighted by Crippen LogP contribution is -2.19.